The lowest BCUT2D eigenvalue weighted by molar-refractivity contribution is 0.0215. The first-order valence-electron chi connectivity index (χ1n) is 8.94. The topological polar surface area (TPSA) is 66.0 Å². The van der Waals surface area contributed by atoms with Gasteiger partial charge >= 0.3 is 0 Å². The number of aromatic nitrogens is 1. The summed E-state index contributed by atoms with van der Waals surface area (Å²) in [6.45, 7) is 4.18. The first kappa shape index (κ1) is 18.6. The number of anilines is 1. The summed E-state index contributed by atoms with van der Waals surface area (Å²) in [6.07, 6.45) is 5.11. The molecule has 0 bridgehead atoms. The van der Waals surface area contributed by atoms with Crippen molar-refractivity contribution >= 4 is 15.8 Å². The SMILES string of the molecule is CN1CCN(S(=O)(=O)c2ccc(N(C)CC3CCCCO3)nc2)CC1. The Hall–Kier alpha value is -1.22. The van der Waals surface area contributed by atoms with Gasteiger partial charge in [0, 0.05) is 52.6 Å². The van der Waals surface area contributed by atoms with E-state index in [9.17, 15) is 8.42 Å². The molecule has 0 saturated carbocycles. The average molecular weight is 369 g/mol. The van der Waals surface area contributed by atoms with E-state index in [1.807, 2.05) is 19.0 Å². The number of piperazine rings is 1. The highest BCUT2D eigenvalue weighted by Crippen LogP contribution is 2.20. The van der Waals surface area contributed by atoms with Gasteiger partial charge in [0.1, 0.15) is 10.7 Å². The smallest absolute Gasteiger partial charge is 0.244 e. The van der Waals surface area contributed by atoms with Crippen molar-refractivity contribution < 1.29 is 13.2 Å². The van der Waals surface area contributed by atoms with Gasteiger partial charge in [-0.1, -0.05) is 0 Å². The summed E-state index contributed by atoms with van der Waals surface area (Å²) in [5, 5.41) is 0. The third-order valence-corrected chi connectivity index (χ3v) is 6.85. The molecule has 2 aliphatic heterocycles. The molecule has 8 heteroatoms. The second kappa shape index (κ2) is 7.99. The summed E-state index contributed by atoms with van der Waals surface area (Å²) in [6, 6.07) is 3.44. The minimum absolute atomic E-state index is 0.231. The molecule has 2 saturated heterocycles. The van der Waals surface area contributed by atoms with Gasteiger partial charge in [0.15, 0.2) is 0 Å². The summed E-state index contributed by atoms with van der Waals surface area (Å²) >= 11 is 0. The Balaban J connectivity index is 1.64. The van der Waals surface area contributed by atoms with Crippen molar-refractivity contribution in [1.29, 1.82) is 0 Å². The molecule has 0 spiro atoms. The minimum Gasteiger partial charge on any atom is -0.376 e. The van der Waals surface area contributed by atoms with E-state index in [1.165, 1.54) is 12.6 Å². The fourth-order valence-electron chi connectivity index (χ4n) is 3.28. The molecule has 25 heavy (non-hydrogen) atoms. The van der Waals surface area contributed by atoms with Crippen LogP contribution >= 0.6 is 0 Å². The molecule has 2 aliphatic rings. The van der Waals surface area contributed by atoms with Gasteiger partial charge < -0.3 is 14.5 Å². The standard InChI is InChI=1S/C17H28N4O3S/c1-19-8-10-21(11-9-19)25(22,23)16-6-7-17(18-13-16)20(2)14-15-5-3-4-12-24-15/h6-7,13,15H,3-5,8-12,14H2,1-2H3. The molecule has 0 aliphatic carbocycles. The lowest BCUT2D eigenvalue weighted by Crippen LogP contribution is -2.47. The molecule has 0 N–H and O–H groups in total. The van der Waals surface area contributed by atoms with E-state index in [2.05, 4.69) is 9.88 Å². The Morgan fingerprint density at radius 1 is 1.24 bits per heavy atom. The Labute approximate surface area is 150 Å². The molecule has 0 aromatic carbocycles. The van der Waals surface area contributed by atoms with E-state index in [4.69, 9.17) is 4.74 Å². The lowest BCUT2D eigenvalue weighted by atomic mass is 10.1. The first-order chi connectivity index (χ1) is 12.0. The molecular weight excluding hydrogens is 340 g/mol. The van der Waals surface area contributed by atoms with Crippen LogP contribution in [0.15, 0.2) is 23.2 Å². The Bertz CT molecular complexity index is 651. The second-order valence-corrected chi connectivity index (χ2v) is 8.87. The molecule has 1 atom stereocenters. The van der Waals surface area contributed by atoms with E-state index in [0.717, 1.165) is 44.9 Å². The van der Waals surface area contributed by atoms with E-state index < -0.39 is 10.0 Å². The van der Waals surface area contributed by atoms with Gasteiger partial charge in [0.2, 0.25) is 10.0 Å². The van der Waals surface area contributed by atoms with Crippen LogP contribution < -0.4 is 4.90 Å². The average Bonchev–Trinajstić information content (AvgIpc) is 2.63. The molecule has 2 fully saturated rings. The fraction of sp³-hybridized carbons (Fsp3) is 0.706. The van der Waals surface area contributed by atoms with Crippen molar-refractivity contribution in [3.63, 3.8) is 0 Å². The number of likely N-dealkylation sites (N-methyl/N-ethyl adjacent to an activating group) is 2. The van der Waals surface area contributed by atoms with Gasteiger partial charge in [0.25, 0.3) is 0 Å². The summed E-state index contributed by atoms with van der Waals surface area (Å²) in [4.78, 5) is 8.81. The van der Waals surface area contributed by atoms with E-state index >= 15 is 0 Å². The highest BCUT2D eigenvalue weighted by atomic mass is 32.2. The van der Waals surface area contributed by atoms with Gasteiger partial charge in [-0.15, -0.1) is 0 Å². The zero-order valence-electron chi connectivity index (χ0n) is 15.1. The zero-order chi connectivity index (χ0) is 17.9. The maximum absolute atomic E-state index is 12.7. The molecule has 3 rings (SSSR count). The monoisotopic (exact) mass is 368 g/mol. The Kier molecular flexibility index (Phi) is 5.93. The summed E-state index contributed by atoms with van der Waals surface area (Å²) in [5.41, 5.74) is 0. The molecule has 0 radical (unpaired) electrons. The molecule has 1 unspecified atom stereocenters. The van der Waals surface area contributed by atoms with Crippen molar-refractivity contribution in [2.45, 2.75) is 30.3 Å². The molecule has 140 valence electrons. The minimum atomic E-state index is -3.45. The van der Waals surface area contributed by atoms with E-state index in [-0.39, 0.29) is 11.0 Å². The predicted octanol–water partition coefficient (Wildman–Crippen LogP) is 1.02. The van der Waals surface area contributed by atoms with Crippen molar-refractivity contribution in [1.82, 2.24) is 14.2 Å². The van der Waals surface area contributed by atoms with Gasteiger partial charge in [-0.2, -0.15) is 4.31 Å². The van der Waals surface area contributed by atoms with Crippen LogP contribution in [0.25, 0.3) is 0 Å². The number of hydrogen-bond acceptors (Lipinski definition) is 6. The zero-order valence-corrected chi connectivity index (χ0v) is 15.9. The van der Waals surface area contributed by atoms with Gasteiger partial charge in [-0.25, -0.2) is 13.4 Å². The third kappa shape index (κ3) is 4.49. The van der Waals surface area contributed by atoms with Crippen LogP contribution in [0.4, 0.5) is 5.82 Å². The Morgan fingerprint density at radius 2 is 2.00 bits per heavy atom. The van der Waals surface area contributed by atoms with E-state index in [1.54, 1.807) is 16.4 Å². The normalized spacial score (nSPS) is 23.5. The highest BCUT2D eigenvalue weighted by molar-refractivity contribution is 7.89. The number of nitrogens with zero attached hydrogens (tertiary/aromatic N) is 4. The highest BCUT2D eigenvalue weighted by Gasteiger charge is 2.27. The lowest BCUT2D eigenvalue weighted by Gasteiger charge is -2.31. The van der Waals surface area contributed by atoms with Crippen LogP contribution in [0.3, 0.4) is 0 Å². The summed E-state index contributed by atoms with van der Waals surface area (Å²) < 4.78 is 32.8. The van der Waals surface area contributed by atoms with Crippen molar-refractivity contribution in [3.8, 4) is 0 Å². The first-order valence-corrected chi connectivity index (χ1v) is 10.4. The van der Waals surface area contributed by atoms with Crippen LogP contribution in [0.1, 0.15) is 19.3 Å². The predicted molar refractivity (Wildman–Crippen MR) is 97.4 cm³/mol. The number of pyridine rings is 1. The molecule has 1 aromatic heterocycles. The van der Waals surface area contributed by atoms with Gasteiger partial charge in [-0.3, -0.25) is 0 Å². The van der Waals surface area contributed by atoms with Crippen LogP contribution in [0, 0.1) is 0 Å². The Morgan fingerprint density at radius 3 is 2.60 bits per heavy atom. The summed E-state index contributed by atoms with van der Waals surface area (Å²) in [7, 11) is 0.519. The molecule has 3 heterocycles. The van der Waals surface area contributed by atoms with Crippen LogP contribution in [0.5, 0.6) is 0 Å². The van der Waals surface area contributed by atoms with Crippen molar-refractivity contribution in [3.05, 3.63) is 18.3 Å². The fourth-order valence-corrected chi connectivity index (χ4v) is 4.65. The maximum Gasteiger partial charge on any atom is 0.244 e. The number of ether oxygens (including phenoxy) is 1. The molecular formula is C17H28N4O3S. The van der Waals surface area contributed by atoms with Crippen molar-refractivity contribution in [2.24, 2.45) is 0 Å². The molecule has 1 aromatic rings. The number of sulfonamides is 1. The van der Waals surface area contributed by atoms with Gasteiger partial charge in [0.05, 0.1) is 6.10 Å². The van der Waals surface area contributed by atoms with E-state index in [0.29, 0.717) is 13.1 Å². The van der Waals surface area contributed by atoms with Gasteiger partial charge in [-0.05, 0) is 38.4 Å². The quantitative estimate of drug-likeness (QED) is 0.773. The van der Waals surface area contributed by atoms with Crippen LogP contribution in [-0.4, -0.2) is 82.1 Å². The maximum atomic E-state index is 12.7. The second-order valence-electron chi connectivity index (χ2n) is 6.93. The third-order valence-electron chi connectivity index (χ3n) is 4.96. The van der Waals surface area contributed by atoms with Crippen molar-refractivity contribution in [2.75, 3.05) is 58.3 Å². The van der Waals surface area contributed by atoms with Crippen LogP contribution in [0.2, 0.25) is 0 Å². The van der Waals surface area contributed by atoms with Crippen LogP contribution in [-0.2, 0) is 14.8 Å². The molecule has 7 nitrogen and oxygen atoms in total. The largest absolute Gasteiger partial charge is 0.376 e. The molecule has 0 amide bonds. The summed E-state index contributed by atoms with van der Waals surface area (Å²) in [5.74, 6) is 0.770. The number of rotatable bonds is 5. The number of hydrogen-bond donors (Lipinski definition) is 0.